The standard InChI is InChI=1S/C13H20N2O3/c1-15(13(16)8-12(9-14)18-3)10-4-6-11(17-2)7-5-10/h4-7,12H,8-9,14H2,1-3H3. The lowest BCUT2D eigenvalue weighted by Crippen LogP contribution is -2.33. The molecule has 0 aliphatic rings. The van der Waals surface area contributed by atoms with E-state index in [0.717, 1.165) is 11.4 Å². The van der Waals surface area contributed by atoms with Crippen molar-refractivity contribution in [3.05, 3.63) is 24.3 Å². The number of methoxy groups -OCH3 is 2. The van der Waals surface area contributed by atoms with E-state index in [1.54, 1.807) is 26.2 Å². The van der Waals surface area contributed by atoms with Crippen LogP contribution in [0.2, 0.25) is 0 Å². The molecule has 0 radical (unpaired) electrons. The van der Waals surface area contributed by atoms with E-state index in [4.69, 9.17) is 15.2 Å². The summed E-state index contributed by atoms with van der Waals surface area (Å²) in [5.74, 6) is 0.730. The van der Waals surface area contributed by atoms with Crippen LogP contribution in [-0.2, 0) is 9.53 Å². The van der Waals surface area contributed by atoms with Crippen LogP contribution in [0, 0.1) is 0 Å². The predicted octanol–water partition coefficient (Wildman–Crippen LogP) is 1.02. The van der Waals surface area contributed by atoms with E-state index in [9.17, 15) is 4.79 Å². The average molecular weight is 252 g/mol. The second-order valence-electron chi connectivity index (χ2n) is 3.95. The van der Waals surface area contributed by atoms with Gasteiger partial charge in [-0.2, -0.15) is 0 Å². The number of anilines is 1. The Bertz CT molecular complexity index is 374. The minimum absolute atomic E-state index is 0.0301. The van der Waals surface area contributed by atoms with Crippen LogP contribution < -0.4 is 15.4 Å². The van der Waals surface area contributed by atoms with E-state index in [2.05, 4.69) is 0 Å². The minimum atomic E-state index is -0.238. The zero-order chi connectivity index (χ0) is 13.5. The van der Waals surface area contributed by atoms with Crippen molar-refractivity contribution < 1.29 is 14.3 Å². The molecule has 0 saturated carbocycles. The molecule has 2 N–H and O–H groups in total. The highest BCUT2D eigenvalue weighted by Gasteiger charge is 2.16. The van der Waals surface area contributed by atoms with Crippen LogP contribution in [0.3, 0.4) is 0 Å². The normalized spacial score (nSPS) is 12.0. The number of nitrogens with zero attached hydrogens (tertiary/aromatic N) is 1. The maximum atomic E-state index is 12.0. The monoisotopic (exact) mass is 252 g/mol. The third kappa shape index (κ3) is 3.72. The maximum absolute atomic E-state index is 12.0. The van der Waals surface area contributed by atoms with Gasteiger partial charge in [0, 0.05) is 26.4 Å². The first-order valence-corrected chi connectivity index (χ1v) is 5.75. The van der Waals surface area contributed by atoms with Gasteiger partial charge in [-0.15, -0.1) is 0 Å². The van der Waals surface area contributed by atoms with Gasteiger partial charge in [-0.3, -0.25) is 4.79 Å². The second kappa shape index (κ2) is 6.98. The van der Waals surface area contributed by atoms with E-state index in [-0.39, 0.29) is 18.4 Å². The number of benzene rings is 1. The molecule has 0 saturated heterocycles. The Balaban J connectivity index is 2.67. The summed E-state index contributed by atoms with van der Waals surface area (Å²) in [6.45, 7) is 0.332. The Labute approximate surface area is 107 Å². The molecule has 0 spiro atoms. The third-order valence-electron chi connectivity index (χ3n) is 2.83. The van der Waals surface area contributed by atoms with Crippen LogP contribution in [0.1, 0.15) is 6.42 Å². The van der Waals surface area contributed by atoms with E-state index in [1.807, 2.05) is 24.3 Å². The van der Waals surface area contributed by atoms with Crippen molar-refractivity contribution in [3.8, 4) is 5.75 Å². The van der Waals surface area contributed by atoms with Crippen LogP contribution in [0.15, 0.2) is 24.3 Å². The van der Waals surface area contributed by atoms with E-state index in [1.165, 1.54) is 0 Å². The van der Waals surface area contributed by atoms with Gasteiger partial charge >= 0.3 is 0 Å². The lowest BCUT2D eigenvalue weighted by Gasteiger charge is -2.20. The van der Waals surface area contributed by atoms with Crippen molar-refractivity contribution in [2.24, 2.45) is 5.73 Å². The van der Waals surface area contributed by atoms with Crippen molar-refractivity contribution in [1.82, 2.24) is 0 Å². The number of hydrogen-bond donors (Lipinski definition) is 1. The first-order chi connectivity index (χ1) is 8.62. The van der Waals surface area contributed by atoms with Crippen molar-refractivity contribution in [1.29, 1.82) is 0 Å². The maximum Gasteiger partial charge on any atom is 0.229 e. The number of carbonyl (C=O) groups is 1. The molecule has 1 aromatic rings. The molecule has 1 amide bonds. The van der Waals surface area contributed by atoms with Gasteiger partial charge < -0.3 is 20.1 Å². The Hall–Kier alpha value is -1.59. The fourth-order valence-electron chi connectivity index (χ4n) is 1.54. The topological polar surface area (TPSA) is 64.8 Å². The van der Waals surface area contributed by atoms with Gasteiger partial charge in [0.15, 0.2) is 0 Å². The number of carbonyl (C=O) groups excluding carboxylic acids is 1. The molecule has 0 aliphatic carbocycles. The molecule has 0 aliphatic heterocycles. The first-order valence-electron chi connectivity index (χ1n) is 5.75. The second-order valence-corrected chi connectivity index (χ2v) is 3.95. The van der Waals surface area contributed by atoms with Crippen molar-refractivity contribution in [3.63, 3.8) is 0 Å². The average Bonchev–Trinajstić information content (AvgIpc) is 2.43. The molecule has 1 unspecified atom stereocenters. The highest BCUT2D eigenvalue weighted by atomic mass is 16.5. The number of amides is 1. The lowest BCUT2D eigenvalue weighted by atomic mass is 10.2. The molecule has 100 valence electrons. The third-order valence-corrected chi connectivity index (χ3v) is 2.83. The highest BCUT2D eigenvalue weighted by Crippen LogP contribution is 2.19. The van der Waals surface area contributed by atoms with Gasteiger partial charge in [-0.25, -0.2) is 0 Å². The van der Waals surface area contributed by atoms with Gasteiger partial charge in [-0.05, 0) is 24.3 Å². The lowest BCUT2D eigenvalue weighted by molar-refractivity contribution is -0.120. The highest BCUT2D eigenvalue weighted by molar-refractivity contribution is 5.93. The fraction of sp³-hybridized carbons (Fsp3) is 0.462. The van der Waals surface area contributed by atoms with Crippen molar-refractivity contribution in [2.75, 3.05) is 32.7 Å². The van der Waals surface area contributed by atoms with Crippen molar-refractivity contribution in [2.45, 2.75) is 12.5 Å². The summed E-state index contributed by atoms with van der Waals surface area (Å²) in [5.41, 5.74) is 6.31. The van der Waals surface area contributed by atoms with Gasteiger partial charge in [0.2, 0.25) is 5.91 Å². The van der Waals surface area contributed by atoms with Crippen molar-refractivity contribution >= 4 is 11.6 Å². The summed E-state index contributed by atoms with van der Waals surface area (Å²) >= 11 is 0. The van der Waals surface area contributed by atoms with Crippen LogP contribution in [0.5, 0.6) is 5.75 Å². The van der Waals surface area contributed by atoms with Gasteiger partial charge in [0.05, 0.1) is 19.6 Å². The molecule has 18 heavy (non-hydrogen) atoms. The summed E-state index contributed by atoms with van der Waals surface area (Å²) < 4.78 is 10.2. The Morgan fingerprint density at radius 2 is 1.94 bits per heavy atom. The smallest absolute Gasteiger partial charge is 0.229 e. The van der Waals surface area contributed by atoms with E-state index in [0.29, 0.717) is 6.54 Å². The predicted molar refractivity (Wildman–Crippen MR) is 70.9 cm³/mol. The summed E-state index contributed by atoms with van der Waals surface area (Å²) in [6.07, 6.45) is 0.0356. The summed E-state index contributed by atoms with van der Waals surface area (Å²) in [5, 5.41) is 0. The summed E-state index contributed by atoms with van der Waals surface area (Å²) in [4.78, 5) is 13.6. The number of ether oxygens (including phenoxy) is 2. The first kappa shape index (κ1) is 14.5. The van der Waals surface area contributed by atoms with Gasteiger partial charge in [-0.1, -0.05) is 0 Å². The quantitative estimate of drug-likeness (QED) is 0.821. The largest absolute Gasteiger partial charge is 0.497 e. The summed E-state index contributed by atoms with van der Waals surface area (Å²) in [7, 11) is 4.89. The zero-order valence-electron chi connectivity index (χ0n) is 11.1. The molecule has 0 fully saturated rings. The number of rotatable bonds is 6. The summed E-state index contributed by atoms with van der Waals surface area (Å²) in [6, 6.07) is 7.30. The molecule has 0 heterocycles. The molecule has 5 heteroatoms. The number of hydrogen-bond acceptors (Lipinski definition) is 4. The molecule has 1 rings (SSSR count). The van der Waals surface area contributed by atoms with Crippen LogP contribution in [-0.4, -0.2) is 39.8 Å². The van der Waals surface area contributed by atoms with Crippen LogP contribution in [0.25, 0.3) is 0 Å². The fourth-order valence-corrected chi connectivity index (χ4v) is 1.54. The Kier molecular flexibility index (Phi) is 5.61. The van der Waals surface area contributed by atoms with Gasteiger partial charge in [0.25, 0.3) is 0 Å². The molecule has 1 atom stereocenters. The molecular formula is C13H20N2O3. The SMILES string of the molecule is COc1ccc(N(C)C(=O)CC(CN)OC)cc1. The Morgan fingerprint density at radius 1 is 1.33 bits per heavy atom. The minimum Gasteiger partial charge on any atom is -0.497 e. The van der Waals surface area contributed by atoms with Crippen LogP contribution in [0.4, 0.5) is 5.69 Å². The van der Waals surface area contributed by atoms with Crippen LogP contribution >= 0.6 is 0 Å². The zero-order valence-corrected chi connectivity index (χ0v) is 11.1. The molecular weight excluding hydrogens is 232 g/mol. The van der Waals surface area contributed by atoms with E-state index < -0.39 is 0 Å². The molecule has 5 nitrogen and oxygen atoms in total. The van der Waals surface area contributed by atoms with E-state index >= 15 is 0 Å². The van der Waals surface area contributed by atoms with Gasteiger partial charge in [0.1, 0.15) is 5.75 Å². The molecule has 0 bridgehead atoms. The molecule has 0 aromatic heterocycles. The Morgan fingerprint density at radius 3 is 2.39 bits per heavy atom. The number of nitrogens with two attached hydrogens (primary N) is 1. The molecule has 1 aromatic carbocycles.